The van der Waals surface area contributed by atoms with Gasteiger partial charge in [0.15, 0.2) is 11.5 Å². The van der Waals surface area contributed by atoms with E-state index in [1.807, 2.05) is 0 Å². The first-order valence-electron chi connectivity index (χ1n) is 7.78. The Labute approximate surface area is 139 Å². The van der Waals surface area contributed by atoms with Gasteiger partial charge in [0, 0.05) is 18.7 Å². The van der Waals surface area contributed by atoms with Gasteiger partial charge in [-0.3, -0.25) is 14.7 Å². The molecule has 126 valence electrons. The third kappa shape index (κ3) is 3.62. The predicted octanol–water partition coefficient (Wildman–Crippen LogP) is 1.40. The minimum absolute atomic E-state index is 0.0253. The number of β-amino-alcohol motifs (C(OH)–C–C–N with tert-alkyl or cyclic N) is 1. The number of hydrogen-bond acceptors (Lipinski definition) is 5. The fourth-order valence-electron chi connectivity index (χ4n) is 2.60. The van der Waals surface area contributed by atoms with Crippen LogP contribution in [0.25, 0.3) is 0 Å². The third-order valence-electron chi connectivity index (χ3n) is 3.94. The number of hydrogen-bond donors (Lipinski definition) is 2. The number of Topliss-reactive ketones (excluding diaryl/α,β-unsaturated/α-hetero) is 1. The number of aliphatic hydroxyl groups excluding tert-OH is 1. The van der Waals surface area contributed by atoms with E-state index in [1.165, 1.54) is 6.92 Å². The molecule has 2 heterocycles. The van der Waals surface area contributed by atoms with Gasteiger partial charge >= 0.3 is 0 Å². The summed E-state index contributed by atoms with van der Waals surface area (Å²) in [5.74, 6) is 0.350. The number of nitrogens with zero attached hydrogens (tertiary/aromatic N) is 2. The number of benzene rings is 1. The van der Waals surface area contributed by atoms with Crippen molar-refractivity contribution >= 4 is 11.7 Å². The fourth-order valence-corrected chi connectivity index (χ4v) is 2.60. The van der Waals surface area contributed by atoms with Crippen LogP contribution < -0.4 is 4.74 Å². The lowest BCUT2D eigenvalue weighted by Gasteiger charge is -2.13. The van der Waals surface area contributed by atoms with E-state index in [0.29, 0.717) is 42.2 Å². The van der Waals surface area contributed by atoms with Crippen LogP contribution in [-0.4, -0.2) is 51.1 Å². The van der Waals surface area contributed by atoms with Gasteiger partial charge in [0.1, 0.15) is 12.4 Å². The molecule has 0 bridgehead atoms. The monoisotopic (exact) mass is 329 g/mol. The molecule has 1 atom stereocenters. The minimum Gasteiger partial charge on any atom is -0.487 e. The van der Waals surface area contributed by atoms with Gasteiger partial charge in [-0.15, -0.1) is 0 Å². The van der Waals surface area contributed by atoms with Crippen LogP contribution in [0.3, 0.4) is 0 Å². The number of nitrogens with one attached hydrogen (secondary N) is 1. The van der Waals surface area contributed by atoms with Crippen LogP contribution in [0.1, 0.15) is 39.9 Å². The standard InChI is InChI=1S/C17H19N3O4/c1-11(21)12-3-2-4-15(7-12)24-10-13-8-16(19-18-13)17(23)20-6-5-14(22)9-20/h2-4,7-8,14,22H,5-6,9-10H2,1H3,(H,18,19)/t14-/m0/s1. The molecular formula is C17H19N3O4. The van der Waals surface area contributed by atoms with E-state index in [4.69, 9.17) is 4.74 Å². The minimum atomic E-state index is -0.454. The maximum atomic E-state index is 12.3. The number of rotatable bonds is 5. The average Bonchev–Trinajstić information content (AvgIpc) is 3.21. The van der Waals surface area contributed by atoms with Gasteiger partial charge in [0.2, 0.25) is 0 Å². The van der Waals surface area contributed by atoms with E-state index >= 15 is 0 Å². The Morgan fingerprint density at radius 2 is 2.25 bits per heavy atom. The van der Waals surface area contributed by atoms with Crippen molar-refractivity contribution in [3.05, 3.63) is 47.3 Å². The predicted molar refractivity (Wildman–Crippen MR) is 85.9 cm³/mol. The zero-order valence-corrected chi connectivity index (χ0v) is 13.4. The van der Waals surface area contributed by atoms with Gasteiger partial charge in [0.05, 0.1) is 11.8 Å². The second-order valence-electron chi connectivity index (χ2n) is 5.84. The van der Waals surface area contributed by atoms with Gasteiger partial charge in [-0.05, 0) is 31.5 Å². The number of amides is 1. The lowest BCUT2D eigenvalue weighted by molar-refractivity contribution is 0.0759. The number of H-pyrrole nitrogens is 1. The number of carbonyl (C=O) groups excluding carboxylic acids is 2. The van der Waals surface area contributed by atoms with Crippen LogP contribution in [-0.2, 0) is 6.61 Å². The van der Waals surface area contributed by atoms with Crippen molar-refractivity contribution in [3.8, 4) is 5.75 Å². The molecule has 1 amide bonds. The summed E-state index contributed by atoms with van der Waals surface area (Å²) >= 11 is 0. The Balaban J connectivity index is 1.61. The van der Waals surface area contributed by atoms with Crippen molar-refractivity contribution in [1.82, 2.24) is 15.1 Å². The van der Waals surface area contributed by atoms with Crippen molar-refractivity contribution in [2.24, 2.45) is 0 Å². The quantitative estimate of drug-likeness (QED) is 0.809. The van der Waals surface area contributed by atoms with Crippen molar-refractivity contribution in [2.45, 2.75) is 26.1 Å². The molecule has 0 unspecified atom stereocenters. The molecule has 7 heteroatoms. The first-order valence-corrected chi connectivity index (χ1v) is 7.78. The second-order valence-corrected chi connectivity index (χ2v) is 5.84. The Kier molecular flexibility index (Phi) is 4.61. The highest BCUT2D eigenvalue weighted by atomic mass is 16.5. The average molecular weight is 329 g/mol. The molecule has 1 aliphatic rings. The Morgan fingerprint density at radius 1 is 1.42 bits per heavy atom. The van der Waals surface area contributed by atoms with Crippen molar-refractivity contribution in [2.75, 3.05) is 13.1 Å². The van der Waals surface area contributed by atoms with E-state index in [1.54, 1.807) is 35.2 Å². The van der Waals surface area contributed by atoms with Crippen molar-refractivity contribution in [3.63, 3.8) is 0 Å². The van der Waals surface area contributed by atoms with Gasteiger partial charge < -0.3 is 14.7 Å². The number of carbonyl (C=O) groups is 2. The number of aliphatic hydroxyl groups is 1. The Morgan fingerprint density at radius 3 is 2.96 bits per heavy atom. The topological polar surface area (TPSA) is 95.5 Å². The molecule has 2 aromatic rings. The van der Waals surface area contributed by atoms with Crippen LogP contribution in [0.4, 0.5) is 0 Å². The number of ketones is 1. The number of aromatic nitrogens is 2. The van der Waals surface area contributed by atoms with Crippen LogP contribution in [0, 0.1) is 0 Å². The summed E-state index contributed by atoms with van der Waals surface area (Å²) in [6, 6.07) is 8.57. The molecule has 2 N–H and O–H groups in total. The van der Waals surface area contributed by atoms with Crippen LogP contribution in [0.15, 0.2) is 30.3 Å². The summed E-state index contributed by atoms with van der Waals surface area (Å²) in [5, 5.41) is 16.3. The smallest absolute Gasteiger partial charge is 0.274 e. The number of likely N-dealkylation sites (tertiary alicyclic amines) is 1. The van der Waals surface area contributed by atoms with Gasteiger partial charge in [-0.25, -0.2) is 0 Å². The molecule has 1 aromatic heterocycles. The van der Waals surface area contributed by atoms with E-state index in [0.717, 1.165) is 0 Å². The molecule has 1 aromatic carbocycles. The number of ether oxygens (including phenoxy) is 1. The fraction of sp³-hybridized carbons (Fsp3) is 0.353. The highest BCUT2D eigenvalue weighted by molar-refractivity contribution is 5.94. The summed E-state index contributed by atoms with van der Waals surface area (Å²) in [7, 11) is 0. The molecule has 1 saturated heterocycles. The molecule has 7 nitrogen and oxygen atoms in total. The molecule has 0 spiro atoms. The Bertz CT molecular complexity index is 756. The van der Waals surface area contributed by atoms with E-state index < -0.39 is 6.10 Å². The van der Waals surface area contributed by atoms with Crippen molar-refractivity contribution < 1.29 is 19.4 Å². The zero-order valence-electron chi connectivity index (χ0n) is 13.4. The highest BCUT2D eigenvalue weighted by Gasteiger charge is 2.26. The molecular weight excluding hydrogens is 310 g/mol. The molecule has 1 fully saturated rings. The van der Waals surface area contributed by atoms with Crippen LogP contribution in [0.2, 0.25) is 0 Å². The first-order chi connectivity index (χ1) is 11.5. The van der Waals surface area contributed by atoms with Crippen LogP contribution >= 0.6 is 0 Å². The highest BCUT2D eigenvalue weighted by Crippen LogP contribution is 2.16. The summed E-state index contributed by atoms with van der Waals surface area (Å²) in [5.41, 5.74) is 1.55. The molecule has 0 radical (unpaired) electrons. The molecule has 0 saturated carbocycles. The van der Waals surface area contributed by atoms with Gasteiger partial charge in [-0.1, -0.05) is 12.1 Å². The third-order valence-corrected chi connectivity index (χ3v) is 3.94. The van der Waals surface area contributed by atoms with E-state index in [-0.39, 0.29) is 18.3 Å². The SMILES string of the molecule is CC(=O)c1cccc(OCc2cc(C(=O)N3CC[C@H](O)C3)n[nH]2)c1. The van der Waals surface area contributed by atoms with Crippen molar-refractivity contribution in [1.29, 1.82) is 0 Å². The normalized spacial score (nSPS) is 17.1. The largest absolute Gasteiger partial charge is 0.487 e. The van der Waals surface area contributed by atoms with Gasteiger partial charge in [-0.2, -0.15) is 5.10 Å². The summed E-state index contributed by atoms with van der Waals surface area (Å²) < 4.78 is 5.63. The summed E-state index contributed by atoms with van der Waals surface area (Å²) in [6.45, 7) is 2.59. The maximum absolute atomic E-state index is 12.3. The first kappa shape index (κ1) is 16.2. The number of aromatic amines is 1. The second kappa shape index (κ2) is 6.84. The molecule has 1 aliphatic heterocycles. The van der Waals surface area contributed by atoms with E-state index in [9.17, 15) is 14.7 Å². The molecule has 0 aliphatic carbocycles. The van der Waals surface area contributed by atoms with E-state index in [2.05, 4.69) is 10.2 Å². The lowest BCUT2D eigenvalue weighted by atomic mass is 10.1. The lowest BCUT2D eigenvalue weighted by Crippen LogP contribution is -2.29. The van der Waals surface area contributed by atoms with Crippen LogP contribution in [0.5, 0.6) is 5.75 Å². The molecule has 24 heavy (non-hydrogen) atoms. The zero-order chi connectivity index (χ0) is 17.1. The summed E-state index contributed by atoms with van der Waals surface area (Å²) in [6.07, 6.45) is 0.141. The molecule has 3 rings (SSSR count). The summed E-state index contributed by atoms with van der Waals surface area (Å²) in [4.78, 5) is 25.2. The maximum Gasteiger partial charge on any atom is 0.274 e. The van der Waals surface area contributed by atoms with Gasteiger partial charge in [0.25, 0.3) is 5.91 Å². The Hall–Kier alpha value is -2.67.